The minimum Gasteiger partial charge on any atom is -0.501 e. The van der Waals surface area contributed by atoms with E-state index in [4.69, 9.17) is 16.6 Å². The third-order valence-corrected chi connectivity index (χ3v) is 11.9. The second kappa shape index (κ2) is 15.9. The maximum Gasteiger partial charge on any atom is 0.126 e. The van der Waals surface area contributed by atoms with Crippen LogP contribution >= 0.6 is 0 Å². The molecule has 0 amide bonds. The molecule has 0 saturated heterocycles. The molecule has 4 aromatic heterocycles. The fraction of sp³-hybridized carbons (Fsp3) is 0.0800. The summed E-state index contributed by atoms with van der Waals surface area (Å²) in [4.78, 5) is 9.38. The molecule has 6 aromatic carbocycles. The van der Waals surface area contributed by atoms with E-state index in [9.17, 15) is 4.39 Å². The van der Waals surface area contributed by atoms with Crippen molar-refractivity contribution in [2.75, 3.05) is 0 Å². The van der Waals surface area contributed by atoms with Crippen molar-refractivity contribution in [3.8, 4) is 33.6 Å². The quantitative estimate of drug-likeness (QED) is 0.123. The normalized spacial score (nSPS) is 12.2. The van der Waals surface area contributed by atoms with Crippen molar-refractivity contribution in [1.29, 1.82) is 0 Å². The van der Waals surface area contributed by atoms with Crippen LogP contribution in [0, 0.1) is 17.9 Å². The van der Waals surface area contributed by atoms with Gasteiger partial charge < -0.3 is 18.8 Å². The fourth-order valence-electron chi connectivity index (χ4n) is 6.99. The Morgan fingerprint density at radius 1 is 0.614 bits per heavy atom. The molecule has 0 aliphatic heterocycles. The van der Waals surface area contributed by atoms with Gasteiger partial charge in [0.25, 0.3) is 0 Å². The SMILES string of the molecule is C[Si](C)(C)c1ccc(-c2[c-]ccc3c2oc2cc(F)ccc23)nc1.[2H]C([2H])(c1ccccc1)c1cc(-c2[c-]ccc3c2oc2ccccc23)ncc1-c1ccccc1.[Ir]. The summed E-state index contributed by atoms with van der Waals surface area (Å²) in [6.07, 6.45) is 1.98. The van der Waals surface area contributed by atoms with Gasteiger partial charge in [-0.15, -0.1) is 36.4 Å². The molecule has 0 atom stereocenters. The van der Waals surface area contributed by atoms with Gasteiger partial charge in [0.1, 0.15) is 17.0 Å². The molecule has 0 saturated carbocycles. The number of halogens is 1. The first-order chi connectivity index (χ1) is 28.1. The van der Waals surface area contributed by atoms with E-state index in [0.717, 1.165) is 55.1 Å². The summed E-state index contributed by atoms with van der Waals surface area (Å²) < 4.78 is 43.8. The van der Waals surface area contributed by atoms with Gasteiger partial charge in [-0.25, -0.2) is 4.39 Å². The molecule has 0 bridgehead atoms. The predicted octanol–water partition coefficient (Wildman–Crippen LogP) is 12.8. The molecule has 281 valence electrons. The third-order valence-electron chi connectivity index (χ3n) is 9.92. The number of pyridine rings is 2. The number of hydrogen-bond donors (Lipinski definition) is 0. The van der Waals surface area contributed by atoms with E-state index in [1.807, 2.05) is 128 Å². The maximum absolute atomic E-state index is 13.5. The molecule has 10 rings (SSSR count). The van der Waals surface area contributed by atoms with Crippen molar-refractivity contribution in [3.63, 3.8) is 0 Å². The van der Waals surface area contributed by atoms with Crippen LogP contribution < -0.4 is 5.19 Å². The average molecular weight is 939 g/mol. The summed E-state index contributed by atoms with van der Waals surface area (Å²) in [6, 6.07) is 51.8. The van der Waals surface area contributed by atoms with Crippen molar-refractivity contribution in [2.24, 2.45) is 0 Å². The maximum atomic E-state index is 13.5. The Balaban J connectivity index is 0.000000171. The number of aromatic nitrogens is 2. The molecule has 57 heavy (non-hydrogen) atoms. The average Bonchev–Trinajstić information content (AvgIpc) is 3.82. The van der Waals surface area contributed by atoms with Crippen LogP contribution in [-0.2, 0) is 26.5 Å². The minimum absolute atomic E-state index is 0. The summed E-state index contributed by atoms with van der Waals surface area (Å²) in [5.74, 6) is -0.301. The van der Waals surface area contributed by atoms with E-state index in [1.54, 1.807) is 12.3 Å². The molecule has 4 heterocycles. The van der Waals surface area contributed by atoms with Gasteiger partial charge in [0.05, 0.1) is 19.2 Å². The molecule has 1 radical (unpaired) electrons. The number of nitrogens with zero attached hydrogens (tertiary/aromatic N) is 2. The van der Waals surface area contributed by atoms with E-state index < -0.39 is 14.4 Å². The molecule has 0 aliphatic carbocycles. The van der Waals surface area contributed by atoms with Gasteiger partial charge in [0, 0.05) is 57.6 Å². The van der Waals surface area contributed by atoms with E-state index in [2.05, 4.69) is 42.8 Å². The van der Waals surface area contributed by atoms with E-state index in [-0.39, 0.29) is 25.9 Å². The molecule has 0 spiro atoms. The standard InChI is InChI=1S/C30H20NO.C20H17FNOSi.Ir/c1-3-10-21(11-4-1)18-23-19-28(31-20-27(23)22-12-5-2-6-13-22)26-16-9-15-25-24-14-7-8-17-29(24)32-30(25)26;1-24(2,3)14-8-10-18(22-12-14)17-6-4-5-16-15-9-7-13(21)11-19(15)23-20(16)17;/h1-15,17,19-20H,18H2;4-5,7-12H,1-3H3;/q2*-1;/i18D2;;. The third kappa shape index (κ3) is 7.62. The van der Waals surface area contributed by atoms with Crippen molar-refractivity contribution in [2.45, 2.75) is 26.0 Å². The number of rotatable bonds is 6. The van der Waals surface area contributed by atoms with Gasteiger partial charge in [-0.2, -0.15) is 0 Å². The Labute approximate surface area is 348 Å². The van der Waals surface area contributed by atoms with Gasteiger partial charge in [-0.05, 0) is 57.8 Å². The molecule has 7 heteroatoms. The van der Waals surface area contributed by atoms with E-state index in [0.29, 0.717) is 33.6 Å². The van der Waals surface area contributed by atoms with Gasteiger partial charge in [-0.1, -0.05) is 139 Å². The van der Waals surface area contributed by atoms with Gasteiger partial charge in [0.15, 0.2) is 0 Å². The number of hydrogen-bond acceptors (Lipinski definition) is 4. The molecular formula is C50H37FIrN2O2Si-2. The van der Waals surface area contributed by atoms with Crippen LogP contribution in [0.4, 0.5) is 4.39 Å². The Kier molecular flexibility index (Phi) is 9.87. The monoisotopic (exact) mass is 939 g/mol. The molecule has 4 nitrogen and oxygen atoms in total. The van der Waals surface area contributed by atoms with Crippen molar-refractivity contribution >= 4 is 57.1 Å². The Morgan fingerprint density at radius 3 is 1.91 bits per heavy atom. The van der Waals surface area contributed by atoms with Crippen LogP contribution in [0.25, 0.3) is 77.5 Å². The summed E-state index contributed by atoms with van der Waals surface area (Å²) >= 11 is 0. The van der Waals surface area contributed by atoms with Crippen LogP contribution in [0.5, 0.6) is 0 Å². The predicted molar refractivity (Wildman–Crippen MR) is 229 cm³/mol. The van der Waals surface area contributed by atoms with Gasteiger partial charge in [0.2, 0.25) is 0 Å². The van der Waals surface area contributed by atoms with Gasteiger partial charge in [-0.3, -0.25) is 0 Å². The Bertz CT molecular complexity index is 3090. The molecule has 0 unspecified atom stereocenters. The Morgan fingerprint density at radius 2 is 1.23 bits per heavy atom. The molecule has 0 aliphatic rings. The zero-order valence-corrected chi connectivity index (χ0v) is 34.8. The molecular weight excluding hydrogens is 900 g/mol. The first kappa shape index (κ1) is 35.4. The van der Waals surface area contributed by atoms with Crippen molar-refractivity contribution in [1.82, 2.24) is 9.97 Å². The fourth-order valence-corrected chi connectivity index (χ4v) is 8.03. The second-order valence-electron chi connectivity index (χ2n) is 14.7. The number of benzene rings is 6. The van der Waals surface area contributed by atoms with Gasteiger partial charge >= 0.3 is 0 Å². The summed E-state index contributed by atoms with van der Waals surface area (Å²) in [7, 11) is -1.38. The van der Waals surface area contributed by atoms with Crippen LogP contribution in [0.3, 0.4) is 0 Å². The van der Waals surface area contributed by atoms with Crippen molar-refractivity contribution in [3.05, 3.63) is 187 Å². The largest absolute Gasteiger partial charge is 0.501 e. The topological polar surface area (TPSA) is 52.1 Å². The first-order valence-corrected chi connectivity index (χ1v) is 22.0. The van der Waals surface area contributed by atoms with E-state index >= 15 is 0 Å². The van der Waals surface area contributed by atoms with Crippen LogP contribution in [0.1, 0.15) is 13.9 Å². The van der Waals surface area contributed by atoms with Crippen LogP contribution in [0.2, 0.25) is 19.6 Å². The molecule has 10 aromatic rings. The number of fused-ring (bicyclic) bond motifs is 6. The molecule has 0 fully saturated rings. The first-order valence-electron chi connectivity index (χ1n) is 19.5. The van der Waals surface area contributed by atoms with E-state index in [1.165, 1.54) is 17.3 Å². The summed E-state index contributed by atoms with van der Waals surface area (Å²) in [5, 5.41) is 5.19. The van der Waals surface area contributed by atoms with Crippen molar-refractivity contribution < 1.29 is 36.1 Å². The second-order valence-corrected chi connectivity index (χ2v) is 19.8. The summed E-state index contributed by atoms with van der Waals surface area (Å²) in [5.41, 5.74) is 8.56. The minimum atomic E-state index is -1.73. The zero-order valence-electron chi connectivity index (χ0n) is 33.4. The number of para-hydroxylation sites is 1. The summed E-state index contributed by atoms with van der Waals surface area (Å²) in [6.45, 7) is 6.89. The zero-order chi connectivity index (χ0) is 40.0. The number of furan rings is 2. The Hall–Kier alpha value is -5.98. The molecule has 0 N–H and O–H groups in total. The van der Waals surface area contributed by atoms with Crippen LogP contribution in [-0.4, -0.2) is 18.0 Å². The smallest absolute Gasteiger partial charge is 0.126 e. The van der Waals surface area contributed by atoms with Crippen LogP contribution in [0.15, 0.2) is 167 Å².